The molecule has 1 fully saturated rings. The summed E-state index contributed by atoms with van der Waals surface area (Å²) in [5, 5.41) is 2.33. The van der Waals surface area contributed by atoms with E-state index in [2.05, 4.69) is 69.3 Å². The third-order valence-corrected chi connectivity index (χ3v) is 10.6. The predicted octanol–water partition coefficient (Wildman–Crippen LogP) is 3.14. The zero-order chi connectivity index (χ0) is 20.2. The summed E-state index contributed by atoms with van der Waals surface area (Å²) >= 11 is 0. The van der Waals surface area contributed by atoms with Gasteiger partial charge in [-0.05, 0) is 15.4 Å². The van der Waals surface area contributed by atoms with Gasteiger partial charge in [0.1, 0.15) is 6.29 Å². The van der Waals surface area contributed by atoms with Crippen LogP contribution in [0.2, 0.25) is 5.04 Å². The van der Waals surface area contributed by atoms with Gasteiger partial charge in [-0.1, -0.05) is 81.4 Å². The Kier molecular flexibility index (Phi) is 6.50. The predicted molar refractivity (Wildman–Crippen MR) is 113 cm³/mol. The molecular formula is C23H30O4Si. The van der Waals surface area contributed by atoms with Gasteiger partial charge in [0.25, 0.3) is 8.32 Å². The third kappa shape index (κ3) is 3.98. The van der Waals surface area contributed by atoms with Crippen LogP contribution in [-0.4, -0.2) is 40.7 Å². The Labute approximate surface area is 169 Å². The lowest BCUT2D eigenvalue weighted by Gasteiger charge is -2.43. The molecule has 4 nitrogen and oxygen atoms in total. The molecule has 1 unspecified atom stereocenters. The zero-order valence-corrected chi connectivity index (χ0v) is 18.1. The van der Waals surface area contributed by atoms with Crippen molar-refractivity contribution in [3.05, 3.63) is 60.7 Å². The standard InChI is InChI=1S/C23H30O4Si/c1-23(2,3)28(19-11-7-5-8-12-19,20-13-9-6-10-14-20)26-17-21-18(16-24)15-22(25-4)27-21/h5-14,16,18,21-22H,15,17H2,1-4H3/t18-,21-,22?/m1/s1. The van der Waals surface area contributed by atoms with Gasteiger partial charge in [-0.15, -0.1) is 0 Å². The molecule has 0 aromatic heterocycles. The van der Waals surface area contributed by atoms with Crippen molar-refractivity contribution in [2.24, 2.45) is 5.92 Å². The Bertz CT molecular complexity index is 718. The molecule has 1 heterocycles. The van der Waals surface area contributed by atoms with Crippen molar-refractivity contribution in [2.45, 2.75) is 44.6 Å². The molecular weight excluding hydrogens is 368 g/mol. The SMILES string of the molecule is COC1C[C@H](C=O)[C@@H](CO[Si](c2ccccc2)(c2ccccc2)C(C)(C)C)O1. The molecule has 0 spiro atoms. The Morgan fingerprint density at radius 3 is 2.00 bits per heavy atom. The van der Waals surface area contributed by atoms with Gasteiger partial charge in [-0.2, -0.15) is 0 Å². The number of rotatable bonds is 7. The molecule has 5 heteroatoms. The van der Waals surface area contributed by atoms with Crippen LogP contribution >= 0.6 is 0 Å². The van der Waals surface area contributed by atoms with Crippen LogP contribution in [0, 0.1) is 5.92 Å². The molecule has 0 amide bonds. The van der Waals surface area contributed by atoms with Crippen LogP contribution < -0.4 is 10.4 Å². The van der Waals surface area contributed by atoms with E-state index < -0.39 is 8.32 Å². The van der Waals surface area contributed by atoms with Gasteiger partial charge in [-0.25, -0.2) is 0 Å². The number of aldehydes is 1. The molecule has 0 N–H and O–H groups in total. The van der Waals surface area contributed by atoms with Crippen LogP contribution in [0.1, 0.15) is 27.2 Å². The summed E-state index contributed by atoms with van der Waals surface area (Å²) in [6.45, 7) is 7.09. The summed E-state index contributed by atoms with van der Waals surface area (Å²) in [5.74, 6) is -0.205. The first-order valence-corrected chi connectivity index (χ1v) is 11.7. The lowest BCUT2D eigenvalue weighted by molar-refractivity contribution is -0.126. The van der Waals surface area contributed by atoms with E-state index in [9.17, 15) is 4.79 Å². The summed E-state index contributed by atoms with van der Waals surface area (Å²) in [5.41, 5.74) is 0. The lowest BCUT2D eigenvalue weighted by Crippen LogP contribution is -2.67. The van der Waals surface area contributed by atoms with Crippen molar-refractivity contribution in [1.82, 2.24) is 0 Å². The Morgan fingerprint density at radius 2 is 1.57 bits per heavy atom. The van der Waals surface area contributed by atoms with Gasteiger partial charge in [-0.3, -0.25) is 0 Å². The highest BCUT2D eigenvalue weighted by Gasteiger charge is 2.51. The molecule has 2 aromatic rings. The smallest absolute Gasteiger partial charge is 0.261 e. The highest BCUT2D eigenvalue weighted by molar-refractivity contribution is 6.99. The number of carbonyl (C=O) groups is 1. The second kappa shape index (κ2) is 8.70. The minimum absolute atomic E-state index is 0.106. The Hall–Kier alpha value is -1.79. The number of hydrogen-bond donors (Lipinski definition) is 0. The maximum atomic E-state index is 11.6. The van der Waals surface area contributed by atoms with Gasteiger partial charge < -0.3 is 18.7 Å². The Balaban J connectivity index is 2.00. The van der Waals surface area contributed by atoms with Crippen molar-refractivity contribution in [3.8, 4) is 0 Å². The minimum Gasteiger partial charge on any atom is -0.405 e. The average molecular weight is 399 g/mol. The number of hydrogen-bond acceptors (Lipinski definition) is 4. The molecule has 1 saturated heterocycles. The molecule has 2 aromatic carbocycles. The van der Waals surface area contributed by atoms with E-state index in [4.69, 9.17) is 13.9 Å². The van der Waals surface area contributed by atoms with Crippen molar-refractivity contribution in [3.63, 3.8) is 0 Å². The molecule has 1 aliphatic rings. The quantitative estimate of drug-likeness (QED) is 0.531. The summed E-state index contributed by atoms with van der Waals surface area (Å²) in [6, 6.07) is 21.0. The van der Waals surface area contributed by atoms with Crippen LogP contribution in [0.25, 0.3) is 0 Å². The second-order valence-corrected chi connectivity index (χ2v) is 12.7. The van der Waals surface area contributed by atoms with Crippen molar-refractivity contribution >= 4 is 25.0 Å². The highest BCUT2D eigenvalue weighted by atomic mass is 28.4. The molecule has 0 bridgehead atoms. The number of methoxy groups -OCH3 is 1. The van der Waals surface area contributed by atoms with Gasteiger partial charge in [0.15, 0.2) is 6.29 Å². The highest BCUT2D eigenvalue weighted by Crippen LogP contribution is 2.37. The third-order valence-electron chi connectivity index (χ3n) is 5.59. The summed E-state index contributed by atoms with van der Waals surface area (Å²) in [4.78, 5) is 11.6. The maximum absolute atomic E-state index is 11.6. The molecule has 0 saturated carbocycles. The second-order valence-electron chi connectivity index (χ2n) is 8.35. The maximum Gasteiger partial charge on any atom is 0.261 e. The van der Waals surface area contributed by atoms with E-state index in [-0.39, 0.29) is 23.4 Å². The van der Waals surface area contributed by atoms with Gasteiger partial charge in [0, 0.05) is 19.4 Å². The Morgan fingerprint density at radius 1 is 1.04 bits per heavy atom. The summed E-state index contributed by atoms with van der Waals surface area (Å²) in [7, 11) is -1.02. The van der Waals surface area contributed by atoms with Crippen LogP contribution in [0.3, 0.4) is 0 Å². The van der Waals surface area contributed by atoms with E-state index in [1.807, 2.05) is 12.1 Å². The van der Waals surface area contributed by atoms with Crippen molar-refractivity contribution < 1.29 is 18.7 Å². The van der Waals surface area contributed by atoms with E-state index in [1.54, 1.807) is 7.11 Å². The van der Waals surface area contributed by atoms with Gasteiger partial charge in [0.2, 0.25) is 0 Å². The number of ether oxygens (including phenoxy) is 2. The van der Waals surface area contributed by atoms with Crippen LogP contribution in [0.4, 0.5) is 0 Å². The molecule has 3 rings (SSSR count). The molecule has 150 valence electrons. The molecule has 0 radical (unpaired) electrons. The monoisotopic (exact) mass is 398 g/mol. The molecule has 28 heavy (non-hydrogen) atoms. The van der Waals surface area contributed by atoms with Crippen LogP contribution in [0.15, 0.2) is 60.7 Å². The fourth-order valence-corrected chi connectivity index (χ4v) is 8.72. The fraction of sp³-hybridized carbons (Fsp3) is 0.435. The van der Waals surface area contributed by atoms with Crippen LogP contribution in [0.5, 0.6) is 0 Å². The van der Waals surface area contributed by atoms with Gasteiger partial charge in [0.05, 0.1) is 12.7 Å². The number of benzene rings is 2. The normalized spacial score (nSPS) is 22.9. The van der Waals surface area contributed by atoms with E-state index in [0.717, 1.165) is 6.29 Å². The zero-order valence-electron chi connectivity index (χ0n) is 17.1. The van der Waals surface area contributed by atoms with Gasteiger partial charge >= 0.3 is 0 Å². The first kappa shape index (κ1) is 20.9. The number of carbonyl (C=O) groups excluding carboxylic acids is 1. The minimum atomic E-state index is -2.63. The molecule has 1 aliphatic heterocycles. The summed E-state index contributed by atoms with van der Waals surface area (Å²) in [6.07, 6.45) is 0.916. The van der Waals surface area contributed by atoms with Crippen molar-refractivity contribution in [2.75, 3.05) is 13.7 Å². The van der Waals surface area contributed by atoms with Crippen molar-refractivity contribution in [1.29, 1.82) is 0 Å². The summed E-state index contributed by atoms with van der Waals surface area (Å²) < 4.78 is 18.1. The van der Waals surface area contributed by atoms with E-state index in [1.165, 1.54) is 10.4 Å². The van der Waals surface area contributed by atoms with Crippen LogP contribution in [-0.2, 0) is 18.7 Å². The van der Waals surface area contributed by atoms with E-state index >= 15 is 0 Å². The average Bonchev–Trinajstić information content (AvgIpc) is 3.11. The van der Waals surface area contributed by atoms with E-state index in [0.29, 0.717) is 13.0 Å². The lowest BCUT2D eigenvalue weighted by atomic mass is 10.0. The largest absolute Gasteiger partial charge is 0.405 e. The molecule has 0 aliphatic carbocycles. The first-order valence-electron chi connectivity index (χ1n) is 9.81. The molecule has 3 atom stereocenters. The topological polar surface area (TPSA) is 44.8 Å². The fourth-order valence-electron chi connectivity index (χ4n) is 4.15. The first-order chi connectivity index (χ1) is 13.4.